The summed E-state index contributed by atoms with van der Waals surface area (Å²) in [5.74, 6) is 3.08. The van der Waals surface area contributed by atoms with Crippen molar-refractivity contribution >= 4 is 35.3 Å². The second-order valence-electron chi connectivity index (χ2n) is 8.08. The van der Waals surface area contributed by atoms with Gasteiger partial charge in [-0.3, -0.25) is 0 Å². The number of rotatable bonds is 27. The lowest BCUT2D eigenvalue weighted by Crippen LogP contribution is -1.99. The summed E-state index contributed by atoms with van der Waals surface area (Å²) in [5.41, 5.74) is 0. The minimum absolute atomic E-state index is 0.760. The lowest BCUT2D eigenvalue weighted by molar-refractivity contribution is 0.242. The van der Waals surface area contributed by atoms with Crippen LogP contribution in [0.25, 0.3) is 0 Å². The van der Waals surface area contributed by atoms with Crippen LogP contribution in [0.1, 0.15) is 77.0 Å². The quantitative estimate of drug-likeness (QED) is 0.0605. The zero-order valence-corrected chi connectivity index (χ0v) is 24.3. The van der Waals surface area contributed by atoms with Gasteiger partial charge in [0.1, 0.15) is 0 Å². The fraction of sp³-hybridized carbons (Fsp3) is 0.667. The molecule has 1 rings (SSSR count). The van der Waals surface area contributed by atoms with Crippen molar-refractivity contribution in [3.8, 4) is 0 Å². The van der Waals surface area contributed by atoms with E-state index in [9.17, 15) is 0 Å². The fourth-order valence-corrected chi connectivity index (χ4v) is 5.85. The average Bonchev–Trinajstić information content (AvgIpc) is 2.89. The van der Waals surface area contributed by atoms with Crippen LogP contribution in [0.3, 0.4) is 0 Å². The highest BCUT2D eigenvalue weighted by Crippen LogP contribution is 2.25. The Morgan fingerprint density at radius 2 is 0.722 bits per heavy atom. The molecular formula is C27H45N3O3S3. The Morgan fingerprint density at radius 3 is 1.00 bits per heavy atom. The van der Waals surface area contributed by atoms with E-state index in [1.54, 1.807) is 35.3 Å². The summed E-state index contributed by atoms with van der Waals surface area (Å²) in [6.45, 7) is 13.0. The summed E-state index contributed by atoms with van der Waals surface area (Å²) < 4.78 is 15.5. The molecule has 0 saturated heterocycles. The molecular weight excluding hydrogens is 511 g/mol. The summed E-state index contributed by atoms with van der Waals surface area (Å²) in [5, 5.41) is 2.56. The standard InChI is InChI=1S/C27H45N3O3S3/c1-4-31-19-13-7-10-16-22-34-25-28-26(35-23-17-11-8-14-20-32-5-2)30-27(29-25)36-24-18-12-9-15-21-33-6-3/h4-6H,1-3,7-24H2. The van der Waals surface area contributed by atoms with Crippen LogP contribution in [0, 0.1) is 0 Å². The number of nitrogens with zero attached hydrogens (tertiary/aromatic N) is 3. The van der Waals surface area contributed by atoms with Crippen LogP contribution in [0.5, 0.6) is 0 Å². The topological polar surface area (TPSA) is 66.4 Å². The minimum atomic E-state index is 0.760. The van der Waals surface area contributed by atoms with Crippen LogP contribution in [0.15, 0.2) is 54.0 Å². The van der Waals surface area contributed by atoms with E-state index in [2.05, 4.69) is 19.7 Å². The highest BCUT2D eigenvalue weighted by Gasteiger charge is 2.09. The largest absolute Gasteiger partial charge is 0.502 e. The number of hydrogen-bond donors (Lipinski definition) is 0. The van der Waals surface area contributed by atoms with Crippen LogP contribution >= 0.6 is 35.3 Å². The van der Waals surface area contributed by atoms with E-state index in [-0.39, 0.29) is 0 Å². The molecule has 0 spiro atoms. The first-order valence-electron chi connectivity index (χ1n) is 13.1. The molecule has 0 aliphatic heterocycles. The number of thioether (sulfide) groups is 3. The van der Waals surface area contributed by atoms with Gasteiger partial charge >= 0.3 is 0 Å². The van der Waals surface area contributed by atoms with Crippen LogP contribution in [-0.4, -0.2) is 52.0 Å². The summed E-state index contributed by atoms with van der Waals surface area (Å²) in [7, 11) is 0. The van der Waals surface area contributed by atoms with E-state index in [0.717, 1.165) is 91.1 Å². The molecule has 6 nitrogen and oxygen atoms in total. The zero-order valence-electron chi connectivity index (χ0n) is 21.9. The van der Waals surface area contributed by atoms with Gasteiger partial charge in [-0.25, -0.2) is 0 Å². The van der Waals surface area contributed by atoms with Gasteiger partial charge in [0.2, 0.25) is 0 Å². The molecule has 204 valence electrons. The van der Waals surface area contributed by atoms with Gasteiger partial charge in [0.25, 0.3) is 0 Å². The molecule has 0 bridgehead atoms. The second kappa shape index (κ2) is 25.3. The van der Waals surface area contributed by atoms with Crippen molar-refractivity contribution in [2.75, 3.05) is 37.1 Å². The summed E-state index contributed by atoms with van der Waals surface area (Å²) in [6.07, 6.45) is 18.3. The van der Waals surface area contributed by atoms with Crippen molar-refractivity contribution in [1.82, 2.24) is 15.0 Å². The fourth-order valence-electron chi connectivity index (χ4n) is 3.18. The maximum absolute atomic E-state index is 5.18. The van der Waals surface area contributed by atoms with E-state index >= 15 is 0 Å². The van der Waals surface area contributed by atoms with E-state index in [0.29, 0.717) is 0 Å². The molecule has 36 heavy (non-hydrogen) atoms. The van der Waals surface area contributed by atoms with E-state index in [1.165, 1.54) is 57.3 Å². The Morgan fingerprint density at radius 1 is 0.444 bits per heavy atom. The minimum Gasteiger partial charge on any atom is -0.502 e. The first-order chi connectivity index (χ1) is 17.8. The van der Waals surface area contributed by atoms with Gasteiger partial charge in [0, 0.05) is 17.3 Å². The maximum Gasteiger partial charge on any atom is 0.192 e. The average molecular weight is 556 g/mol. The third kappa shape index (κ3) is 19.8. The number of unbranched alkanes of at least 4 members (excludes halogenated alkanes) is 9. The van der Waals surface area contributed by atoms with Crippen molar-refractivity contribution < 1.29 is 14.2 Å². The Labute approximate surface area is 231 Å². The molecule has 0 saturated carbocycles. The van der Waals surface area contributed by atoms with Gasteiger partial charge in [-0.05, 0) is 38.5 Å². The van der Waals surface area contributed by atoms with Crippen LogP contribution in [-0.2, 0) is 14.2 Å². The van der Waals surface area contributed by atoms with Crippen molar-refractivity contribution in [2.24, 2.45) is 0 Å². The Hall–Kier alpha value is -1.32. The Bertz CT molecular complexity index is 593. The van der Waals surface area contributed by atoms with Gasteiger partial charge in [-0.2, -0.15) is 15.0 Å². The first kappa shape index (κ1) is 32.7. The Kier molecular flexibility index (Phi) is 23.0. The molecule has 1 heterocycles. The van der Waals surface area contributed by atoms with Crippen molar-refractivity contribution in [1.29, 1.82) is 0 Å². The van der Waals surface area contributed by atoms with Gasteiger partial charge in [-0.15, -0.1) is 0 Å². The van der Waals surface area contributed by atoms with Gasteiger partial charge < -0.3 is 14.2 Å². The molecule has 0 N–H and O–H groups in total. The smallest absolute Gasteiger partial charge is 0.192 e. The summed E-state index contributed by atoms with van der Waals surface area (Å²) in [6, 6.07) is 0. The van der Waals surface area contributed by atoms with E-state index < -0.39 is 0 Å². The van der Waals surface area contributed by atoms with E-state index in [4.69, 9.17) is 29.2 Å². The normalized spacial score (nSPS) is 10.7. The van der Waals surface area contributed by atoms with Crippen molar-refractivity contribution in [2.45, 2.75) is 92.5 Å². The monoisotopic (exact) mass is 555 g/mol. The molecule has 0 aliphatic carbocycles. The molecule has 0 radical (unpaired) electrons. The predicted molar refractivity (Wildman–Crippen MR) is 156 cm³/mol. The zero-order chi connectivity index (χ0) is 25.9. The molecule has 0 unspecified atom stereocenters. The molecule has 9 heteroatoms. The van der Waals surface area contributed by atoms with Gasteiger partial charge in [-0.1, -0.05) is 93.5 Å². The molecule has 1 aromatic heterocycles. The predicted octanol–water partition coefficient (Wildman–Crippen LogP) is 8.31. The third-order valence-electron chi connectivity index (χ3n) is 5.09. The lowest BCUT2D eigenvalue weighted by Gasteiger charge is -2.07. The SMILES string of the molecule is C=COCCCCCCSc1nc(SCCCCCCOC=C)nc(SCCCCCCOC=C)n1. The first-order valence-corrected chi connectivity index (χ1v) is 16.1. The third-order valence-corrected chi connectivity index (χ3v) is 7.89. The van der Waals surface area contributed by atoms with Gasteiger partial charge in [0.05, 0.1) is 38.6 Å². The molecule has 0 amide bonds. The van der Waals surface area contributed by atoms with Crippen LogP contribution in [0.4, 0.5) is 0 Å². The lowest BCUT2D eigenvalue weighted by atomic mass is 10.2. The van der Waals surface area contributed by atoms with Crippen LogP contribution in [0.2, 0.25) is 0 Å². The molecule has 0 aliphatic rings. The van der Waals surface area contributed by atoms with Crippen molar-refractivity contribution in [3.63, 3.8) is 0 Å². The number of ether oxygens (including phenoxy) is 3. The number of aromatic nitrogens is 3. The molecule has 0 aromatic carbocycles. The highest BCUT2D eigenvalue weighted by molar-refractivity contribution is 8.00. The second-order valence-corrected chi connectivity index (χ2v) is 11.3. The van der Waals surface area contributed by atoms with Crippen molar-refractivity contribution in [3.05, 3.63) is 38.5 Å². The van der Waals surface area contributed by atoms with Gasteiger partial charge in [0.15, 0.2) is 15.5 Å². The number of hydrogen-bond acceptors (Lipinski definition) is 9. The van der Waals surface area contributed by atoms with Crippen LogP contribution < -0.4 is 0 Å². The van der Waals surface area contributed by atoms with E-state index in [1.807, 2.05) is 0 Å². The molecule has 0 fully saturated rings. The maximum atomic E-state index is 5.18. The summed E-state index contributed by atoms with van der Waals surface area (Å²) in [4.78, 5) is 14.2. The Balaban J connectivity index is 2.42. The molecule has 0 atom stereocenters. The molecule has 1 aromatic rings. The summed E-state index contributed by atoms with van der Waals surface area (Å²) >= 11 is 5.24. The highest BCUT2D eigenvalue weighted by atomic mass is 32.2.